The van der Waals surface area contributed by atoms with E-state index < -0.39 is 0 Å². The fourth-order valence-electron chi connectivity index (χ4n) is 2.06. The molecule has 1 aromatic heterocycles. The molecule has 0 fully saturated rings. The van der Waals surface area contributed by atoms with Crippen molar-refractivity contribution in [1.82, 2.24) is 4.68 Å². The molecule has 0 saturated heterocycles. The Morgan fingerprint density at radius 2 is 1.84 bits per heavy atom. The number of benzene rings is 1. The maximum Gasteiger partial charge on any atom is 0.162 e. The molecule has 0 atom stereocenters. The molecule has 0 spiro atoms. The Labute approximate surface area is 113 Å². The Kier molecular flexibility index (Phi) is 4.00. The second-order valence-corrected chi connectivity index (χ2v) is 4.48. The zero-order valence-corrected chi connectivity index (χ0v) is 11.6. The zero-order chi connectivity index (χ0) is 13.8. The van der Waals surface area contributed by atoms with Crippen LogP contribution in [-0.4, -0.2) is 16.4 Å². The lowest BCUT2D eigenvalue weighted by atomic mass is 10.2. The number of rotatable bonds is 5. The molecule has 1 heterocycles. The van der Waals surface area contributed by atoms with E-state index in [1.54, 1.807) is 6.07 Å². The van der Waals surface area contributed by atoms with Gasteiger partial charge < -0.3 is 15.3 Å². The maximum atomic E-state index is 10.1. The third-order valence-corrected chi connectivity index (χ3v) is 3.08. The number of aromatic hydroxyl groups is 1. The van der Waals surface area contributed by atoms with Crippen LogP contribution < -0.4 is 10.2 Å². The summed E-state index contributed by atoms with van der Waals surface area (Å²) >= 11 is 0. The predicted molar refractivity (Wildman–Crippen MR) is 76.2 cm³/mol. The van der Waals surface area contributed by atoms with E-state index in [0.29, 0.717) is 18.9 Å². The smallest absolute Gasteiger partial charge is 0.162 e. The minimum absolute atomic E-state index is 0.208. The molecule has 0 radical (unpaired) electrons. The first-order chi connectivity index (χ1) is 9.13. The highest BCUT2D eigenvalue weighted by Crippen LogP contribution is 2.29. The normalized spacial score (nSPS) is 10.5. The summed E-state index contributed by atoms with van der Waals surface area (Å²) in [6, 6.07) is 9.65. The molecule has 2 rings (SSSR count). The Morgan fingerprint density at radius 1 is 1.16 bits per heavy atom. The Bertz CT molecular complexity index is 542. The minimum Gasteiger partial charge on any atom is -0.504 e. The van der Waals surface area contributed by atoms with Crippen molar-refractivity contribution in [2.24, 2.45) is 0 Å². The van der Waals surface area contributed by atoms with E-state index in [1.165, 1.54) is 0 Å². The van der Waals surface area contributed by atoms with E-state index in [0.717, 1.165) is 17.0 Å². The van der Waals surface area contributed by atoms with E-state index in [1.807, 2.05) is 37.6 Å². The Hall–Kier alpha value is -2.10. The summed E-state index contributed by atoms with van der Waals surface area (Å²) in [6.07, 6.45) is 0. The topological polar surface area (TPSA) is 46.4 Å². The summed E-state index contributed by atoms with van der Waals surface area (Å²) in [6.45, 7) is 7.06. The van der Waals surface area contributed by atoms with Crippen LogP contribution in [-0.2, 0) is 6.54 Å². The second-order valence-electron chi connectivity index (χ2n) is 4.48. The van der Waals surface area contributed by atoms with E-state index >= 15 is 0 Å². The van der Waals surface area contributed by atoms with E-state index in [9.17, 15) is 5.11 Å². The van der Waals surface area contributed by atoms with Crippen LogP contribution in [0.4, 0.5) is 0 Å². The predicted octanol–water partition coefficient (Wildman–Crippen LogP) is 2.95. The summed E-state index contributed by atoms with van der Waals surface area (Å²) in [5.74, 6) is 0.738. The van der Waals surface area contributed by atoms with Crippen molar-refractivity contribution in [2.45, 2.75) is 27.3 Å². The van der Waals surface area contributed by atoms with Crippen LogP contribution in [0.1, 0.15) is 23.9 Å². The van der Waals surface area contributed by atoms with E-state index in [4.69, 9.17) is 4.74 Å². The highest BCUT2D eigenvalue weighted by atomic mass is 16.5. The lowest BCUT2D eigenvalue weighted by molar-refractivity contribution is 0.316. The third-order valence-electron chi connectivity index (χ3n) is 3.08. The summed E-state index contributed by atoms with van der Waals surface area (Å²) < 4.78 is 7.38. The number of nitrogens with zero attached hydrogens (tertiary/aromatic N) is 1. The zero-order valence-electron chi connectivity index (χ0n) is 11.6. The number of aryl methyl sites for hydroxylation is 2. The molecule has 19 heavy (non-hydrogen) atoms. The number of phenols is 1. The highest BCUT2D eigenvalue weighted by molar-refractivity contribution is 5.45. The molecule has 0 saturated carbocycles. The van der Waals surface area contributed by atoms with Crippen molar-refractivity contribution >= 4 is 0 Å². The van der Waals surface area contributed by atoms with Crippen LogP contribution in [0.5, 0.6) is 11.5 Å². The average molecular weight is 260 g/mol. The number of nitrogens with one attached hydrogen (secondary N) is 1. The van der Waals surface area contributed by atoms with Gasteiger partial charge in [-0.25, -0.2) is 0 Å². The minimum atomic E-state index is 0.208. The molecule has 0 bridgehead atoms. The van der Waals surface area contributed by atoms with Gasteiger partial charge in [-0.1, -0.05) is 12.1 Å². The molecule has 2 aromatic rings. The first kappa shape index (κ1) is 13.3. The number of para-hydroxylation sites is 1. The first-order valence-electron chi connectivity index (χ1n) is 6.46. The molecule has 2 N–H and O–H groups in total. The fourth-order valence-corrected chi connectivity index (χ4v) is 2.06. The van der Waals surface area contributed by atoms with Crippen molar-refractivity contribution in [1.29, 1.82) is 0 Å². The van der Waals surface area contributed by atoms with Gasteiger partial charge in [0.25, 0.3) is 0 Å². The van der Waals surface area contributed by atoms with Crippen LogP contribution >= 0.6 is 0 Å². The van der Waals surface area contributed by atoms with Crippen LogP contribution in [0.3, 0.4) is 0 Å². The van der Waals surface area contributed by atoms with Gasteiger partial charge in [0.15, 0.2) is 11.5 Å². The van der Waals surface area contributed by atoms with Gasteiger partial charge in [0.05, 0.1) is 13.2 Å². The quantitative estimate of drug-likeness (QED) is 0.869. The van der Waals surface area contributed by atoms with E-state index in [-0.39, 0.29) is 5.75 Å². The summed E-state index contributed by atoms with van der Waals surface area (Å²) in [5.41, 5.74) is 6.38. The van der Waals surface area contributed by atoms with Crippen molar-refractivity contribution in [3.8, 4) is 11.5 Å². The summed E-state index contributed by atoms with van der Waals surface area (Å²) in [5, 5.41) is 10.1. The lowest BCUT2D eigenvalue weighted by Crippen LogP contribution is -2.17. The molecule has 0 aliphatic carbocycles. The van der Waals surface area contributed by atoms with Gasteiger partial charge in [-0.15, -0.1) is 0 Å². The molecular weight excluding hydrogens is 240 g/mol. The first-order valence-corrected chi connectivity index (χ1v) is 6.46. The largest absolute Gasteiger partial charge is 0.504 e. The number of aromatic nitrogens is 1. The number of hydrogen-bond donors (Lipinski definition) is 2. The van der Waals surface area contributed by atoms with Crippen LogP contribution in [0, 0.1) is 13.8 Å². The van der Waals surface area contributed by atoms with Crippen molar-refractivity contribution < 1.29 is 9.84 Å². The lowest BCUT2D eigenvalue weighted by Gasteiger charge is -2.15. The third kappa shape index (κ3) is 2.84. The number of phenolic OH excluding ortho intramolecular Hbond substituents is 1. The van der Waals surface area contributed by atoms with Gasteiger partial charge in [0.2, 0.25) is 0 Å². The van der Waals surface area contributed by atoms with Gasteiger partial charge in [-0.05, 0) is 39.0 Å². The number of ether oxygens (including phenoxy) is 1. The molecular formula is C15H20N2O2. The molecule has 4 heteroatoms. The van der Waals surface area contributed by atoms with Gasteiger partial charge in [0, 0.05) is 17.0 Å². The SMILES string of the molecule is CCOc1cccc(CNn2c(C)ccc2C)c1O. The van der Waals surface area contributed by atoms with Crippen LogP contribution in [0.15, 0.2) is 30.3 Å². The molecule has 102 valence electrons. The highest BCUT2D eigenvalue weighted by Gasteiger charge is 2.08. The monoisotopic (exact) mass is 260 g/mol. The maximum absolute atomic E-state index is 10.1. The molecule has 0 aliphatic heterocycles. The molecule has 1 aromatic carbocycles. The standard InChI is InChI=1S/C15H20N2O2/c1-4-19-14-7-5-6-13(15(14)18)10-16-17-11(2)8-9-12(17)3/h5-9,16,18H,4,10H2,1-3H3. The fraction of sp³-hybridized carbons (Fsp3) is 0.333. The van der Waals surface area contributed by atoms with Gasteiger partial charge in [-0.3, -0.25) is 4.68 Å². The molecule has 0 aliphatic rings. The van der Waals surface area contributed by atoms with Crippen molar-refractivity contribution in [2.75, 3.05) is 12.0 Å². The molecule has 4 nitrogen and oxygen atoms in total. The Balaban J connectivity index is 2.14. The number of hydrogen-bond acceptors (Lipinski definition) is 3. The van der Waals surface area contributed by atoms with Crippen molar-refractivity contribution in [3.63, 3.8) is 0 Å². The molecule has 0 unspecified atom stereocenters. The Morgan fingerprint density at radius 3 is 2.47 bits per heavy atom. The second kappa shape index (κ2) is 5.69. The van der Waals surface area contributed by atoms with Crippen molar-refractivity contribution in [3.05, 3.63) is 47.3 Å². The average Bonchev–Trinajstić information content (AvgIpc) is 2.71. The summed E-state index contributed by atoms with van der Waals surface area (Å²) in [4.78, 5) is 0. The van der Waals surface area contributed by atoms with Gasteiger partial charge in [0.1, 0.15) is 0 Å². The summed E-state index contributed by atoms with van der Waals surface area (Å²) in [7, 11) is 0. The molecule has 0 amide bonds. The van der Waals surface area contributed by atoms with Crippen LogP contribution in [0.25, 0.3) is 0 Å². The van der Waals surface area contributed by atoms with E-state index in [2.05, 4.69) is 17.6 Å². The van der Waals surface area contributed by atoms with Gasteiger partial charge in [-0.2, -0.15) is 0 Å². The van der Waals surface area contributed by atoms with Gasteiger partial charge >= 0.3 is 0 Å². The van der Waals surface area contributed by atoms with Crippen LogP contribution in [0.2, 0.25) is 0 Å².